The Balaban J connectivity index is 2.06. The van der Waals surface area contributed by atoms with Gasteiger partial charge in [-0.25, -0.2) is 4.90 Å². The molecule has 0 radical (unpaired) electrons. The van der Waals surface area contributed by atoms with E-state index in [1.807, 2.05) is 41.3 Å². The lowest BCUT2D eigenvalue weighted by molar-refractivity contribution is -0.184. The van der Waals surface area contributed by atoms with E-state index in [1.54, 1.807) is 33.9 Å². The molecule has 6 nitrogen and oxygen atoms in total. The van der Waals surface area contributed by atoms with E-state index in [0.717, 1.165) is 22.4 Å². The van der Waals surface area contributed by atoms with Crippen molar-refractivity contribution in [3.63, 3.8) is 0 Å². The Morgan fingerprint density at radius 2 is 1.54 bits per heavy atom. The second-order valence-corrected chi connectivity index (χ2v) is 6.76. The number of hydrogen-bond donors (Lipinski definition) is 0. The van der Waals surface area contributed by atoms with Crippen LogP contribution in [0.4, 0.5) is 0 Å². The van der Waals surface area contributed by atoms with Gasteiger partial charge in [-0.2, -0.15) is 0 Å². The van der Waals surface area contributed by atoms with Crippen molar-refractivity contribution in [1.82, 2.24) is 9.88 Å². The second kappa shape index (κ2) is 8.52. The fourth-order valence-electron chi connectivity index (χ4n) is 3.69. The van der Waals surface area contributed by atoms with Crippen LogP contribution in [0, 0.1) is 0 Å². The summed E-state index contributed by atoms with van der Waals surface area (Å²) in [7, 11) is 0. The number of esters is 2. The molecule has 1 aliphatic rings. The highest BCUT2D eigenvalue weighted by Gasteiger charge is 2.40. The van der Waals surface area contributed by atoms with Crippen molar-refractivity contribution in [3.8, 4) is 11.3 Å². The third-order valence-electron chi connectivity index (χ3n) is 4.96. The number of rotatable bonds is 7. The minimum atomic E-state index is -0.587. The molecule has 1 aromatic carbocycles. The minimum absolute atomic E-state index is 0.237. The first-order chi connectivity index (χ1) is 13.5. The van der Waals surface area contributed by atoms with Crippen LogP contribution in [-0.2, 0) is 19.1 Å². The van der Waals surface area contributed by atoms with Gasteiger partial charge < -0.3 is 9.47 Å². The molecule has 0 saturated carbocycles. The third kappa shape index (κ3) is 3.78. The van der Waals surface area contributed by atoms with E-state index >= 15 is 0 Å². The molecule has 0 N–H and O–H groups in total. The Bertz CT molecular complexity index is 798. The molecule has 148 valence electrons. The smallest absolute Gasteiger partial charge is 0.307 e. The van der Waals surface area contributed by atoms with E-state index < -0.39 is 12.5 Å². The number of aromatic nitrogens is 1. The van der Waals surface area contributed by atoms with E-state index in [-0.39, 0.29) is 30.8 Å². The van der Waals surface area contributed by atoms with Gasteiger partial charge in [0.1, 0.15) is 0 Å². The van der Waals surface area contributed by atoms with Gasteiger partial charge in [-0.3, -0.25) is 14.6 Å². The molecule has 6 heteroatoms. The number of carbonyl (C=O) groups excluding carboxylic acids is 2. The lowest BCUT2D eigenvalue weighted by Gasteiger charge is -2.38. The van der Waals surface area contributed by atoms with Crippen molar-refractivity contribution >= 4 is 11.9 Å². The van der Waals surface area contributed by atoms with E-state index in [4.69, 9.17) is 9.47 Å². The third-order valence-corrected chi connectivity index (χ3v) is 4.96. The standard InChI is InChI=1S/C22H26N2O4/c1-5-19(25)27-14(3)24(15(4)28-20(26)6-2)22-17-11-8-7-10-16(17)21-18(22)12-9-13-23-21/h7-15,22H,5-6H2,1-4H3. The highest BCUT2D eigenvalue weighted by molar-refractivity contribution is 5.75. The summed E-state index contributed by atoms with van der Waals surface area (Å²) in [5.41, 5.74) is 3.99. The van der Waals surface area contributed by atoms with Crippen LogP contribution < -0.4 is 0 Å². The van der Waals surface area contributed by atoms with Gasteiger partial charge in [0.2, 0.25) is 0 Å². The molecule has 3 unspecified atom stereocenters. The van der Waals surface area contributed by atoms with Crippen LogP contribution in [0.15, 0.2) is 42.6 Å². The highest BCUT2D eigenvalue weighted by atomic mass is 16.6. The first-order valence-electron chi connectivity index (χ1n) is 9.68. The summed E-state index contributed by atoms with van der Waals surface area (Å²) in [5.74, 6) is -0.603. The first-order valence-corrected chi connectivity index (χ1v) is 9.68. The van der Waals surface area contributed by atoms with Gasteiger partial charge in [-0.1, -0.05) is 44.2 Å². The number of hydrogen-bond acceptors (Lipinski definition) is 6. The SMILES string of the molecule is CCC(=O)OC(C)N(C(C)OC(=O)CC)C1c2ccccc2-c2ncccc21. The van der Waals surface area contributed by atoms with Gasteiger partial charge in [-0.15, -0.1) is 0 Å². The average Bonchev–Trinajstić information content (AvgIpc) is 3.02. The maximum absolute atomic E-state index is 12.0. The number of pyridine rings is 1. The predicted molar refractivity (Wildman–Crippen MR) is 105 cm³/mol. The number of nitrogens with zero attached hydrogens (tertiary/aromatic N) is 2. The van der Waals surface area contributed by atoms with Gasteiger partial charge in [0.05, 0.1) is 11.7 Å². The van der Waals surface area contributed by atoms with Crippen molar-refractivity contribution < 1.29 is 19.1 Å². The van der Waals surface area contributed by atoms with Gasteiger partial charge in [0, 0.05) is 30.2 Å². The van der Waals surface area contributed by atoms with E-state index in [0.29, 0.717) is 0 Å². The molecule has 0 fully saturated rings. The molecule has 0 spiro atoms. The lowest BCUT2D eigenvalue weighted by Crippen LogP contribution is -2.46. The van der Waals surface area contributed by atoms with Gasteiger partial charge in [-0.05, 0) is 25.5 Å². The molecule has 0 saturated heterocycles. The van der Waals surface area contributed by atoms with Crippen molar-refractivity contribution in [2.24, 2.45) is 0 Å². The predicted octanol–water partition coefficient (Wildman–Crippen LogP) is 4.05. The van der Waals surface area contributed by atoms with Crippen LogP contribution >= 0.6 is 0 Å². The number of benzene rings is 1. The quantitative estimate of drug-likeness (QED) is 0.531. The maximum Gasteiger partial charge on any atom is 0.307 e. The van der Waals surface area contributed by atoms with Crippen LogP contribution in [0.1, 0.15) is 57.7 Å². The first kappa shape index (κ1) is 20.0. The number of ether oxygens (including phenoxy) is 2. The van der Waals surface area contributed by atoms with Crippen LogP contribution in [0.5, 0.6) is 0 Å². The Hall–Kier alpha value is -2.73. The number of carbonyl (C=O) groups is 2. The minimum Gasteiger partial charge on any atom is -0.446 e. The van der Waals surface area contributed by atoms with Crippen molar-refractivity contribution in [2.45, 2.75) is 59.0 Å². The number of fused-ring (bicyclic) bond motifs is 3. The Morgan fingerprint density at radius 1 is 0.964 bits per heavy atom. The second-order valence-electron chi connectivity index (χ2n) is 6.76. The zero-order chi connectivity index (χ0) is 20.3. The van der Waals surface area contributed by atoms with Crippen LogP contribution in [0.2, 0.25) is 0 Å². The molecular formula is C22H26N2O4. The Labute approximate surface area is 165 Å². The average molecular weight is 382 g/mol. The van der Waals surface area contributed by atoms with Crippen molar-refractivity contribution in [3.05, 3.63) is 53.7 Å². The largest absolute Gasteiger partial charge is 0.446 e. The summed E-state index contributed by atoms with van der Waals surface area (Å²) in [6.07, 6.45) is 1.15. The summed E-state index contributed by atoms with van der Waals surface area (Å²) in [6, 6.07) is 11.7. The fraction of sp³-hybridized carbons (Fsp3) is 0.409. The van der Waals surface area contributed by atoms with Crippen LogP contribution in [0.25, 0.3) is 11.3 Å². The lowest BCUT2D eigenvalue weighted by atomic mass is 10.0. The van der Waals surface area contributed by atoms with Crippen LogP contribution in [-0.4, -0.2) is 34.3 Å². The van der Waals surface area contributed by atoms with E-state index in [1.165, 1.54) is 0 Å². The molecule has 0 bridgehead atoms. The highest BCUT2D eigenvalue weighted by Crippen LogP contribution is 2.46. The molecule has 2 aromatic rings. The molecule has 1 aliphatic carbocycles. The summed E-state index contributed by atoms with van der Waals surface area (Å²) >= 11 is 0. The molecule has 0 amide bonds. The molecule has 0 aliphatic heterocycles. The molecule has 3 atom stereocenters. The fourth-order valence-corrected chi connectivity index (χ4v) is 3.69. The van der Waals surface area contributed by atoms with Crippen molar-refractivity contribution in [2.75, 3.05) is 0 Å². The summed E-state index contributed by atoms with van der Waals surface area (Å²) in [6.45, 7) is 7.12. The summed E-state index contributed by atoms with van der Waals surface area (Å²) < 4.78 is 11.2. The van der Waals surface area contributed by atoms with E-state index in [9.17, 15) is 9.59 Å². The normalized spacial score (nSPS) is 16.8. The maximum atomic E-state index is 12.0. The molecule has 28 heavy (non-hydrogen) atoms. The van der Waals surface area contributed by atoms with Crippen LogP contribution in [0.3, 0.4) is 0 Å². The zero-order valence-corrected chi connectivity index (χ0v) is 16.7. The monoisotopic (exact) mass is 382 g/mol. The Kier molecular flexibility index (Phi) is 6.09. The van der Waals surface area contributed by atoms with Gasteiger partial charge in [0.15, 0.2) is 12.5 Å². The topological polar surface area (TPSA) is 68.7 Å². The molecule has 3 rings (SSSR count). The molecular weight excluding hydrogens is 356 g/mol. The molecule has 1 aromatic heterocycles. The van der Waals surface area contributed by atoms with Crippen molar-refractivity contribution in [1.29, 1.82) is 0 Å². The van der Waals surface area contributed by atoms with E-state index in [2.05, 4.69) is 4.98 Å². The Morgan fingerprint density at radius 3 is 2.14 bits per heavy atom. The van der Waals surface area contributed by atoms with Gasteiger partial charge >= 0.3 is 11.9 Å². The molecule has 1 heterocycles. The van der Waals surface area contributed by atoms with Gasteiger partial charge in [0.25, 0.3) is 0 Å². The summed E-state index contributed by atoms with van der Waals surface area (Å²) in [5, 5.41) is 0. The zero-order valence-electron chi connectivity index (χ0n) is 16.7. The summed E-state index contributed by atoms with van der Waals surface area (Å²) in [4.78, 5) is 30.4.